The molecule has 0 fully saturated rings. The van der Waals surface area contributed by atoms with E-state index in [1.807, 2.05) is 0 Å². The first-order valence-electron chi connectivity index (χ1n) is 6.76. The Morgan fingerprint density at radius 1 is 1.10 bits per heavy atom. The monoisotopic (exact) mass is 291 g/mol. The summed E-state index contributed by atoms with van der Waals surface area (Å²) in [7, 11) is 0. The molecule has 0 spiro atoms. The van der Waals surface area contributed by atoms with Crippen LogP contribution in [0.15, 0.2) is 18.2 Å². The summed E-state index contributed by atoms with van der Waals surface area (Å²) >= 11 is 6.07. The molecule has 0 aliphatic heterocycles. The third-order valence-electron chi connectivity index (χ3n) is 3.64. The molecule has 0 saturated heterocycles. The summed E-state index contributed by atoms with van der Waals surface area (Å²) in [6.07, 6.45) is 5.26. The predicted octanol–water partition coefficient (Wildman–Crippen LogP) is 3.79. The number of nitrogens with two attached hydrogens (primary N) is 1. The first kappa shape index (κ1) is 13.3. The Morgan fingerprint density at radius 3 is 2.70 bits per heavy atom. The number of anilines is 1. The third-order valence-corrected chi connectivity index (χ3v) is 3.95. The maximum absolute atomic E-state index is 13.1. The molecule has 0 bridgehead atoms. The van der Waals surface area contributed by atoms with E-state index in [-0.39, 0.29) is 5.82 Å². The molecule has 0 amide bonds. The van der Waals surface area contributed by atoms with Crippen molar-refractivity contribution in [3.05, 3.63) is 40.3 Å². The summed E-state index contributed by atoms with van der Waals surface area (Å²) in [5, 5.41) is 0.304. The summed E-state index contributed by atoms with van der Waals surface area (Å²) in [6, 6.07) is 4.21. The van der Waals surface area contributed by atoms with Crippen molar-refractivity contribution in [2.75, 3.05) is 5.73 Å². The van der Waals surface area contributed by atoms with Gasteiger partial charge in [-0.15, -0.1) is 0 Å². The fraction of sp³-hybridized carbons (Fsp3) is 0.333. The number of benzene rings is 1. The summed E-state index contributed by atoms with van der Waals surface area (Å²) < 4.78 is 13.1. The minimum atomic E-state index is -0.374. The molecule has 0 saturated carbocycles. The Hall–Kier alpha value is -1.68. The first-order valence-corrected chi connectivity index (χ1v) is 7.13. The molecule has 1 aliphatic carbocycles. The molecule has 3 rings (SSSR count). The zero-order valence-electron chi connectivity index (χ0n) is 11.0. The number of nitrogens with zero attached hydrogens (tertiary/aromatic N) is 2. The van der Waals surface area contributed by atoms with Crippen molar-refractivity contribution in [3.8, 4) is 11.4 Å². The second-order valence-corrected chi connectivity index (χ2v) is 5.45. The van der Waals surface area contributed by atoms with Crippen LogP contribution in [0.25, 0.3) is 11.4 Å². The average molecular weight is 292 g/mol. The van der Waals surface area contributed by atoms with Gasteiger partial charge < -0.3 is 5.73 Å². The summed E-state index contributed by atoms with van der Waals surface area (Å²) in [6.45, 7) is 0. The summed E-state index contributed by atoms with van der Waals surface area (Å²) in [4.78, 5) is 8.95. The van der Waals surface area contributed by atoms with Crippen LogP contribution in [-0.2, 0) is 12.8 Å². The lowest BCUT2D eigenvalue weighted by Crippen LogP contribution is -2.06. The molecule has 2 N–H and O–H groups in total. The predicted molar refractivity (Wildman–Crippen MR) is 78.1 cm³/mol. The van der Waals surface area contributed by atoms with E-state index >= 15 is 0 Å². The van der Waals surface area contributed by atoms with Crippen LogP contribution in [0.4, 0.5) is 10.2 Å². The smallest absolute Gasteiger partial charge is 0.163 e. The number of hydrogen-bond donors (Lipinski definition) is 1. The van der Waals surface area contributed by atoms with Crippen molar-refractivity contribution >= 4 is 17.4 Å². The lowest BCUT2D eigenvalue weighted by molar-refractivity contribution is 0.628. The van der Waals surface area contributed by atoms with Crippen molar-refractivity contribution in [1.29, 1.82) is 0 Å². The van der Waals surface area contributed by atoms with Gasteiger partial charge in [-0.25, -0.2) is 14.4 Å². The molecule has 3 nitrogen and oxygen atoms in total. The van der Waals surface area contributed by atoms with Gasteiger partial charge in [-0.2, -0.15) is 0 Å². The molecule has 1 aromatic carbocycles. The van der Waals surface area contributed by atoms with Crippen LogP contribution in [0.2, 0.25) is 5.02 Å². The molecular weight excluding hydrogens is 277 g/mol. The SMILES string of the molecule is Nc1nc(-c2ccc(F)cc2Cl)nc2c1CCCCC2. The standard InChI is InChI=1S/C15H15ClFN3/c16-12-8-9(17)6-7-10(12)15-19-13-5-3-1-2-4-11(13)14(18)20-15/h6-8H,1-5H2,(H2,18,19,20). The molecule has 1 aromatic heterocycles. The largest absolute Gasteiger partial charge is 0.383 e. The number of nitrogen functional groups attached to an aromatic ring is 1. The van der Waals surface area contributed by atoms with E-state index in [2.05, 4.69) is 9.97 Å². The van der Waals surface area contributed by atoms with Crippen molar-refractivity contribution in [3.63, 3.8) is 0 Å². The Morgan fingerprint density at radius 2 is 1.90 bits per heavy atom. The first-order chi connectivity index (χ1) is 9.65. The minimum Gasteiger partial charge on any atom is -0.383 e. The number of aromatic nitrogens is 2. The van der Waals surface area contributed by atoms with Crippen LogP contribution in [0, 0.1) is 5.82 Å². The number of halogens is 2. The van der Waals surface area contributed by atoms with E-state index in [0.29, 0.717) is 22.2 Å². The third kappa shape index (κ3) is 2.48. The summed E-state index contributed by atoms with van der Waals surface area (Å²) in [5.41, 5.74) is 8.74. The molecule has 2 aromatic rings. The van der Waals surface area contributed by atoms with Gasteiger partial charge in [-0.05, 0) is 43.9 Å². The molecule has 0 radical (unpaired) electrons. The van der Waals surface area contributed by atoms with Crippen molar-refractivity contribution < 1.29 is 4.39 Å². The second kappa shape index (κ2) is 5.37. The number of aryl methyl sites for hydroxylation is 1. The van der Waals surface area contributed by atoms with E-state index in [4.69, 9.17) is 17.3 Å². The lowest BCUT2D eigenvalue weighted by Gasteiger charge is -2.11. The van der Waals surface area contributed by atoms with Crippen LogP contribution in [0.3, 0.4) is 0 Å². The van der Waals surface area contributed by atoms with E-state index in [1.165, 1.54) is 18.6 Å². The second-order valence-electron chi connectivity index (χ2n) is 5.04. The minimum absolute atomic E-state index is 0.304. The lowest BCUT2D eigenvalue weighted by atomic mass is 10.1. The number of fused-ring (bicyclic) bond motifs is 1. The molecule has 1 aliphatic rings. The molecule has 1 heterocycles. The van der Waals surface area contributed by atoms with Gasteiger partial charge in [0.25, 0.3) is 0 Å². The fourth-order valence-electron chi connectivity index (χ4n) is 2.59. The highest BCUT2D eigenvalue weighted by atomic mass is 35.5. The van der Waals surface area contributed by atoms with Gasteiger partial charge >= 0.3 is 0 Å². The Labute approximate surface area is 122 Å². The van der Waals surface area contributed by atoms with Crippen LogP contribution >= 0.6 is 11.6 Å². The number of hydrogen-bond acceptors (Lipinski definition) is 3. The van der Waals surface area contributed by atoms with Gasteiger partial charge in [0.15, 0.2) is 5.82 Å². The fourth-order valence-corrected chi connectivity index (χ4v) is 2.84. The molecule has 0 unspecified atom stereocenters. The van der Waals surface area contributed by atoms with Crippen LogP contribution in [-0.4, -0.2) is 9.97 Å². The molecule has 104 valence electrons. The Kier molecular flexibility index (Phi) is 3.57. The van der Waals surface area contributed by atoms with E-state index in [1.54, 1.807) is 6.07 Å². The number of rotatable bonds is 1. The van der Waals surface area contributed by atoms with Crippen LogP contribution in [0.5, 0.6) is 0 Å². The van der Waals surface area contributed by atoms with Crippen molar-refractivity contribution in [2.45, 2.75) is 32.1 Å². The molecular formula is C15H15ClFN3. The normalized spacial score (nSPS) is 14.7. The highest BCUT2D eigenvalue weighted by Crippen LogP contribution is 2.30. The molecule has 20 heavy (non-hydrogen) atoms. The molecule has 5 heteroatoms. The van der Waals surface area contributed by atoms with Gasteiger partial charge in [0.1, 0.15) is 11.6 Å². The van der Waals surface area contributed by atoms with E-state index in [0.717, 1.165) is 36.9 Å². The maximum atomic E-state index is 13.1. The van der Waals surface area contributed by atoms with Gasteiger partial charge in [0.05, 0.1) is 5.02 Å². The van der Waals surface area contributed by atoms with Gasteiger partial charge in [-0.3, -0.25) is 0 Å². The van der Waals surface area contributed by atoms with Gasteiger partial charge in [0.2, 0.25) is 0 Å². The van der Waals surface area contributed by atoms with Gasteiger partial charge in [-0.1, -0.05) is 18.0 Å². The highest BCUT2D eigenvalue weighted by Gasteiger charge is 2.17. The van der Waals surface area contributed by atoms with Crippen LogP contribution < -0.4 is 5.73 Å². The zero-order valence-corrected chi connectivity index (χ0v) is 11.8. The average Bonchev–Trinajstić information content (AvgIpc) is 2.64. The highest BCUT2D eigenvalue weighted by molar-refractivity contribution is 6.33. The quantitative estimate of drug-likeness (QED) is 0.813. The maximum Gasteiger partial charge on any atom is 0.163 e. The van der Waals surface area contributed by atoms with Crippen molar-refractivity contribution in [1.82, 2.24) is 9.97 Å². The van der Waals surface area contributed by atoms with Crippen LogP contribution in [0.1, 0.15) is 30.5 Å². The zero-order chi connectivity index (χ0) is 14.1. The Bertz CT molecular complexity index is 658. The molecule has 0 atom stereocenters. The summed E-state index contributed by atoms with van der Waals surface area (Å²) in [5.74, 6) is 0.627. The van der Waals surface area contributed by atoms with Gasteiger partial charge in [0, 0.05) is 16.8 Å². The topological polar surface area (TPSA) is 51.8 Å². The van der Waals surface area contributed by atoms with E-state index < -0.39 is 0 Å². The Balaban J connectivity index is 2.11. The van der Waals surface area contributed by atoms with E-state index in [9.17, 15) is 4.39 Å². The van der Waals surface area contributed by atoms with Crippen molar-refractivity contribution in [2.24, 2.45) is 0 Å².